The molecule has 5 nitrogen and oxygen atoms in total. The second kappa shape index (κ2) is 3.23. The fourth-order valence-corrected chi connectivity index (χ4v) is 1.23. The van der Waals surface area contributed by atoms with Gasteiger partial charge in [-0.3, -0.25) is 9.79 Å². The number of hydrogen-bond donors (Lipinski definition) is 1. The number of rotatable bonds is 1. The van der Waals surface area contributed by atoms with Gasteiger partial charge in [0, 0.05) is 6.07 Å². The fraction of sp³-hybridized carbons (Fsp3) is 0.111. The lowest BCUT2D eigenvalue weighted by atomic mass is 10.2. The maximum absolute atomic E-state index is 12.8. The first kappa shape index (κ1) is 9.45. The van der Waals surface area contributed by atoms with E-state index in [4.69, 9.17) is 5.11 Å². The largest absolute Gasteiger partial charge is 0.479 e. The van der Waals surface area contributed by atoms with Gasteiger partial charge in [-0.2, -0.15) is 0 Å². The number of amides is 1. The molecule has 0 fully saturated rings. The van der Waals surface area contributed by atoms with Crippen LogP contribution in [0.1, 0.15) is 0 Å². The van der Waals surface area contributed by atoms with Crippen LogP contribution in [0, 0.1) is 5.82 Å². The smallest absolute Gasteiger partial charge is 0.338 e. The third kappa shape index (κ3) is 1.61. The molecule has 76 valence electrons. The highest BCUT2D eigenvalue weighted by Crippen LogP contribution is 1.97. The number of aliphatic carboxylic acids is 1. The fourth-order valence-electron chi connectivity index (χ4n) is 1.23. The average molecular weight is 208 g/mol. The first-order valence-electron chi connectivity index (χ1n) is 4.07. The maximum Gasteiger partial charge on any atom is 0.338 e. The number of carboxylic acids is 1. The minimum Gasteiger partial charge on any atom is -0.479 e. The summed E-state index contributed by atoms with van der Waals surface area (Å²) in [5, 5.41) is 8.91. The molecule has 2 rings (SSSR count). The summed E-state index contributed by atoms with van der Waals surface area (Å²) < 4.78 is 12.8. The van der Waals surface area contributed by atoms with Crippen LogP contribution in [0.5, 0.6) is 0 Å². The number of fused-ring (bicyclic) bond motifs is 1. The van der Waals surface area contributed by atoms with Gasteiger partial charge < -0.3 is 5.11 Å². The Morgan fingerprint density at radius 1 is 1.40 bits per heavy atom. The van der Waals surface area contributed by atoms with E-state index in [2.05, 4.69) is 9.98 Å². The molecule has 1 heterocycles. The average Bonchev–Trinajstić information content (AvgIpc) is 2.17. The normalized spacial score (nSPS) is 18.7. The molecule has 1 atom stereocenters. The summed E-state index contributed by atoms with van der Waals surface area (Å²) in [4.78, 5) is 28.9. The van der Waals surface area contributed by atoms with Gasteiger partial charge in [-0.15, -0.1) is 0 Å². The lowest BCUT2D eigenvalue weighted by Gasteiger charge is -2.06. The van der Waals surface area contributed by atoms with Crippen molar-refractivity contribution in [2.24, 2.45) is 9.98 Å². The summed E-state index contributed by atoms with van der Waals surface area (Å²) in [6.45, 7) is 0. The van der Waals surface area contributed by atoms with E-state index < -0.39 is 23.7 Å². The number of benzene rings is 1. The number of hydrogen-bond acceptors (Lipinski definition) is 3. The molecule has 0 aromatic heterocycles. The Bertz CT molecular complexity index is 567. The molecule has 1 N–H and O–H groups in total. The van der Waals surface area contributed by atoms with Gasteiger partial charge in [0.25, 0.3) is 5.91 Å². The van der Waals surface area contributed by atoms with Crippen LogP contribution in [-0.2, 0) is 9.59 Å². The topological polar surface area (TPSA) is 79.1 Å². The van der Waals surface area contributed by atoms with Crippen molar-refractivity contribution in [1.29, 1.82) is 0 Å². The molecule has 0 spiro atoms. The van der Waals surface area contributed by atoms with Crippen LogP contribution >= 0.6 is 0 Å². The minimum atomic E-state index is -1.56. The van der Waals surface area contributed by atoms with E-state index in [1.807, 2.05) is 0 Å². The van der Waals surface area contributed by atoms with Gasteiger partial charge in [0.05, 0.1) is 10.7 Å². The Hall–Kier alpha value is -2.11. The maximum atomic E-state index is 12.8. The number of halogens is 1. The number of carboxylic acid groups (broad SMARTS) is 1. The SMILES string of the molecule is O=C(O)C1N=c2cc(F)ccc2=NC1=O. The lowest BCUT2D eigenvalue weighted by Crippen LogP contribution is -2.40. The first-order chi connectivity index (χ1) is 7.08. The van der Waals surface area contributed by atoms with Gasteiger partial charge in [-0.1, -0.05) is 0 Å². The quantitative estimate of drug-likeness (QED) is 0.605. The number of carbonyl (C=O) groups excluding carboxylic acids is 1. The Kier molecular flexibility index (Phi) is 2.03. The van der Waals surface area contributed by atoms with Crippen LogP contribution in [-0.4, -0.2) is 23.0 Å². The summed E-state index contributed by atoms with van der Waals surface area (Å²) in [5.74, 6) is -2.79. The van der Waals surface area contributed by atoms with E-state index in [9.17, 15) is 14.0 Å². The van der Waals surface area contributed by atoms with Crippen LogP contribution in [0.25, 0.3) is 0 Å². The molecule has 1 aromatic carbocycles. The van der Waals surface area contributed by atoms with Gasteiger partial charge in [-0.25, -0.2) is 14.2 Å². The molecule has 0 radical (unpaired) electrons. The minimum absolute atomic E-state index is 0.0852. The second-order valence-electron chi connectivity index (χ2n) is 2.95. The summed E-state index contributed by atoms with van der Waals surface area (Å²) in [5.41, 5.74) is 0. The zero-order chi connectivity index (χ0) is 11.0. The van der Waals surface area contributed by atoms with Gasteiger partial charge in [0.1, 0.15) is 5.82 Å². The lowest BCUT2D eigenvalue weighted by molar-refractivity contribution is -0.142. The molecule has 1 aromatic rings. The molecular formula is C9H5FN2O3. The van der Waals surface area contributed by atoms with E-state index in [-0.39, 0.29) is 10.7 Å². The van der Waals surface area contributed by atoms with Gasteiger partial charge in [-0.05, 0) is 12.1 Å². The van der Waals surface area contributed by atoms with Crippen molar-refractivity contribution in [2.45, 2.75) is 6.04 Å². The van der Waals surface area contributed by atoms with E-state index in [0.29, 0.717) is 0 Å². The second-order valence-corrected chi connectivity index (χ2v) is 2.95. The molecule has 0 saturated carbocycles. The molecule has 0 aliphatic carbocycles. The molecule has 0 saturated heterocycles. The number of nitrogens with zero attached hydrogens (tertiary/aromatic N) is 2. The third-order valence-corrected chi connectivity index (χ3v) is 1.90. The number of carbonyl (C=O) groups is 2. The third-order valence-electron chi connectivity index (χ3n) is 1.90. The molecule has 15 heavy (non-hydrogen) atoms. The monoisotopic (exact) mass is 208 g/mol. The Morgan fingerprint density at radius 2 is 2.13 bits per heavy atom. The highest BCUT2D eigenvalue weighted by Gasteiger charge is 2.26. The molecule has 1 unspecified atom stereocenters. The Morgan fingerprint density at radius 3 is 2.80 bits per heavy atom. The van der Waals surface area contributed by atoms with Crippen molar-refractivity contribution >= 4 is 11.9 Å². The van der Waals surface area contributed by atoms with Crippen LogP contribution in [0.15, 0.2) is 28.2 Å². The highest BCUT2D eigenvalue weighted by molar-refractivity contribution is 6.02. The van der Waals surface area contributed by atoms with Crippen LogP contribution in [0.2, 0.25) is 0 Å². The van der Waals surface area contributed by atoms with E-state index in [1.54, 1.807) is 0 Å². The van der Waals surface area contributed by atoms with Crippen molar-refractivity contribution in [3.05, 3.63) is 34.7 Å². The van der Waals surface area contributed by atoms with Gasteiger partial charge in [0.15, 0.2) is 0 Å². The van der Waals surface area contributed by atoms with Gasteiger partial charge in [0.2, 0.25) is 6.04 Å². The molecule has 6 heteroatoms. The Labute approximate surface area is 82.6 Å². The van der Waals surface area contributed by atoms with Crippen molar-refractivity contribution < 1.29 is 19.1 Å². The van der Waals surface area contributed by atoms with Gasteiger partial charge >= 0.3 is 5.97 Å². The van der Waals surface area contributed by atoms with Crippen LogP contribution < -0.4 is 10.7 Å². The van der Waals surface area contributed by atoms with Crippen LogP contribution in [0.3, 0.4) is 0 Å². The molecule has 1 amide bonds. The van der Waals surface area contributed by atoms with E-state index in [0.717, 1.165) is 12.1 Å². The predicted molar refractivity (Wildman–Crippen MR) is 45.1 cm³/mol. The first-order valence-corrected chi connectivity index (χ1v) is 4.07. The summed E-state index contributed by atoms with van der Waals surface area (Å²) >= 11 is 0. The van der Waals surface area contributed by atoms with Crippen molar-refractivity contribution in [2.75, 3.05) is 0 Å². The van der Waals surface area contributed by atoms with E-state index >= 15 is 0 Å². The van der Waals surface area contributed by atoms with E-state index in [1.165, 1.54) is 6.07 Å². The Balaban J connectivity index is 2.69. The molecule has 1 aliphatic rings. The molecule has 0 bridgehead atoms. The van der Waals surface area contributed by atoms with Crippen molar-refractivity contribution in [3.8, 4) is 0 Å². The zero-order valence-corrected chi connectivity index (χ0v) is 7.35. The van der Waals surface area contributed by atoms with Crippen molar-refractivity contribution in [1.82, 2.24) is 0 Å². The standard InChI is InChI=1S/C9H5FN2O3/c10-4-1-2-5-6(3-4)11-7(9(14)15)8(13)12-5/h1-3,7H,(H,14,15). The van der Waals surface area contributed by atoms with Crippen molar-refractivity contribution in [3.63, 3.8) is 0 Å². The summed E-state index contributed by atoms with van der Waals surface area (Å²) in [7, 11) is 0. The molecular weight excluding hydrogens is 203 g/mol. The summed E-state index contributed by atoms with van der Waals surface area (Å²) in [6.07, 6.45) is 0. The highest BCUT2D eigenvalue weighted by atomic mass is 19.1. The zero-order valence-electron chi connectivity index (χ0n) is 7.35. The molecule has 1 aliphatic heterocycles. The van der Waals surface area contributed by atoms with Crippen LogP contribution in [0.4, 0.5) is 4.39 Å². The summed E-state index contributed by atoms with van der Waals surface area (Å²) in [6, 6.07) is 1.90. The predicted octanol–water partition coefficient (Wildman–Crippen LogP) is -0.942.